The second-order valence-corrected chi connectivity index (χ2v) is 7.59. The molecule has 0 saturated carbocycles. The van der Waals surface area contributed by atoms with Crippen LogP contribution < -0.4 is 10.9 Å². The summed E-state index contributed by atoms with van der Waals surface area (Å²) in [5, 5.41) is 4.03. The minimum atomic E-state index is -0.247. The first-order valence-electron chi connectivity index (χ1n) is 9.24. The Morgan fingerprint density at radius 3 is 2.56 bits per heavy atom. The van der Waals surface area contributed by atoms with Crippen LogP contribution in [-0.4, -0.2) is 34.6 Å². The van der Waals surface area contributed by atoms with Gasteiger partial charge >= 0.3 is 0 Å². The van der Waals surface area contributed by atoms with Gasteiger partial charge in [-0.05, 0) is 56.5 Å². The molecular weight excluding hydrogens is 314 g/mol. The van der Waals surface area contributed by atoms with E-state index in [9.17, 15) is 9.59 Å². The van der Waals surface area contributed by atoms with Gasteiger partial charge < -0.3 is 9.88 Å². The molecular formula is C20H25N3O2. The molecule has 5 nitrogen and oxygen atoms in total. The highest BCUT2D eigenvalue weighted by atomic mass is 16.2. The lowest BCUT2D eigenvalue weighted by molar-refractivity contribution is 0.0294. The van der Waals surface area contributed by atoms with Crippen molar-refractivity contribution in [3.8, 4) is 0 Å². The zero-order valence-electron chi connectivity index (χ0n) is 14.9. The molecule has 0 spiro atoms. The number of fused-ring (bicyclic) bond motifs is 4. The summed E-state index contributed by atoms with van der Waals surface area (Å²) in [5.41, 5.74) is 0.914. The highest BCUT2D eigenvalue weighted by molar-refractivity contribution is 5.97. The van der Waals surface area contributed by atoms with Gasteiger partial charge in [0.05, 0.1) is 11.7 Å². The van der Waals surface area contributed by atoms with Crippen molar-refractivity contribution in [2.24, 2.45) is 5.92 Å². The fraction of sp³-hybridized carbons (Fsp3) is 0.500. The Kier molecular flexibility index (Phi) is 4.12. The molecule has 1 aromatic carbocycles. The van der Waals surface area contributed by atoms with Crippen LogP contribution in [0.5, 0.6) is 0 Å². The highest BCUT2D eigenvalue weighted by Gasteiger charge is 2.34. The number of amides is 1. The van der Waals surface area contributed by atoms with E-state index in [-0.39, 0.29) is 29.2 Å². The summed E-state index contributed by atoms with van der Waals surface area (Å²) in [5.74, 6) is 0.460. The Morgan fingerprint density at radius 2 is 1.92 bits per heavy atom. The van der Waals surface area contributed by atoms with E-state index in [2.05, 4.69) is 10.2 Å². The molecule has 132 valence electrons. The number of para-hydroxylation sites is 1. The number of carbonyl (C=O) groups excluding carboxylic acids is 1. The number of nitrogens with one attached hydrogen (secondary N) is 1. The predicted octanol–water partition coefficient (Wildman–Crippen LogP) is 2.75. The number of carbonyl (C=O) groups is 1. The van der Waals surface area contributed by atoms with Crippen molar-refractivity contribution in [2.75, 3.05) is 13.1 Å². The standard InChI is InChI=1S/C20H25N3O2/c1-13(2)23-17-6-4-3-5-15(17)12-16(20(23)25)19(24)21-18-11-14-7-9-22(18)10-8-14/h3-6,12-14,18H,7-11H2,1-2H3,(H,21,24). The lowest BCUT2D eigenvalue weighted by atomic mass is 9.86. The van der Waals surface area contributed by atoms with Crippen LogP contribution in [0.2, 0.25) is 0 Å². The van der Waals surface area contributed by atoms with E-state index in [1.54, 1.807) is 10.6 Å². The molecule has 3 saturated heterocycles. The van der Waals surface area contributed by atoms with Gasteiger partial charge in [0, 0.05) is 19.1 Å². The maximum atomic E-state index is 13.0. The van der Waals surface area contributed by atoms with Crippen molar-refractivity contribution in [3.05, 3.63) is 46.2 Å². The fourth-order valence-electron chi connectivity index (χ4n) is 4.31. The van der Waals surface area contributed by atoms with E-state index < -0.39 is 0 Å². The SMILES string of the molecule is CC(C)n1c(=O)c(C(=O)NC2CC3CCN2CC3)cc2ccccc21. The molecule has 25 heavy (non-hydrogen) atoms. The first-order valence-corrected chi connectivity index (χ1v) is 9.24. The summed E-state index contributed by atoms with van der Waals surface area (Å²) in [6.45, 7) is 6.04. The summed E-state index contributed by atoms with van der Waals surface area (Å²) in [7, 11) is 0. The molecule has 2 bridgehead atoms. The predicted molar refractivity (Wildman–Crippen MR) is 98.8 cm³/mol. The van der Waals surface area contributed by atoms with E-state index in [1.165, 1.54) is 12.8 Å². The van der Waals surface area contributed by atoms with E-state index in [0.717, 1.165) is 30.4 Å². The molecule has 0 radical (unpaired) electrons. The molecule has 1 unspecified atom stereocenters. The normalized spacial score (nSPS) is 25.5. The Labute approximate surface area is 147 Å². The molecule has 3 aliphatic heterocycles. The van der Waals surface area contributed by atoms with Crippen LogP contribution in [0.1, 0.15) is 49.5 Å². The first kappa shape index (κ1) is 16.3. The van der Waals surface area contributed by atoms with Crippen molar-refractivity contribution < 1.29 is 4.79 Å². The van der Waals surface area contributed by atoms with Crippen LogP contribution in [0, 0.1) is 5.92 Å². The first-order chi connectivity index (χ1) is 12.0. The van der Waals surface area contributed by atoms with Crippen LogP contribution >= 0.6 is 0 Å². The van der Waals surface area contributed by atoms with Gasteiger partial charge in [-0.15, -0.1) is 0 Å². The second-order valence-electron chi connectivity index (χ2n) is 7.59. The smallest absolute Gasteiger partial charge is 0.264 e. The van der Waals surface area contributed by atoms with Crippen molar-refractivity contribution in [3.63, 3.8) is 0 Å². The number of hydrogen-bond donors (Lipinski definition) is 1. The van der Waals surface area contributed by atoms with E-state index in [4.69, 9.17) is 0 Å². The maximum Gasteiger partial charge on any atom is 0.264 e. The fourth-order valence-corrected chi connectivity index (χ4v) is 4.31. The number of aromatic nitrogens is 1. The molecule has 3 aliphatic rings. The molecule has 0 aliphatic carbocycles. The van der Waals surface area contributed by atoms with Crippen LogP contribution in [0.15, 0.2) is 35.1 Å². The lowest BCUT2D eigenvalue weighted by Crippen LogP contribution is -2.57. The zero-order chi connectivity index (χ0) is 17.6. The minimum Gasteiger partial charge on any atom is -0.336 e. The summed E-state index contributed by atoms with van der Waals surface area (Å²) in [6, 6.07) is 9.49. The molecule has 3 fully saturated rings. The summed E-state index contributed by atoms with van der Waals surface area (Å²) in [6.07, 6.45) is 3.52. The maximum absolute atomic E-state index is 13.0. The Bertz CT molecular complexity index is 863. The Morgan fingerprint density at radius 1 is 1.20 bits per heavy atom. The van der Waals surface area contributed by atoms with Crippen LogP contribution in [0.25, 0.3) is 10.9 Å². The molecule has 4 heterocycles. The van der Waals surface area contributed by atoms with Crippen LogP contribution in [-0.2, 0) is 0 Å². The molecule has 5 rings (SSSR count). The van der Waals surface area contributed by atoms with Gasteiger partial charge in [-0.2, -0.15) is 0 Å². The third kappa shape index (κ3) is 2.86. The average Bonchev–Trinajstić information content (AvgIpc) is 2.61. The lowest BCUT2D eigenvalue weighted by Gasteiger charge is -2.45. The van der Waals surface area contributed by atoms with Crippen LogP contribution in [0.3, 0.4) is 0 Å². The summed E-state index contributed by atoms with van der Waals surface area (Å²) in [4.78, 5) is 28.2. The monoisotopic (exact) mass is 339 g/mol. The number of hydrogen-bond acceptors (Lipinski definition) is 3. The third-order valence-corrected chi connectivity index (χ3v) is 5.65. The van der Waals surface area contributed by atoms with Gasteiger partial charge in [-0.1, -0.05) is 18.2 Å². The van der Waals surface area contributed by atoms with Crippen molar-refractivity contribution in [2.45, 2.75) is 45.3 Å². The molecule has 1 aromatic heterocycles. The van der Waals surface area contributed by atoms with E-state index in [1.807, 2.05) is 38.1 Å². The van der Waals surface area contributed by atoms with Crippen molar-refractivity contribution >= 4 is 16.8 Å². The van der Waals surface area contributed by atoms with E-state index >= 15 is 0 Å². The molecule has 5 heteroatoms. The quantitative estimate of drug-likeness (QED) is 0.935. The third-order valence-electron chi connectivity index (χ3n) is 5.65. The van der Waals surface area contributed by atoms with E-state index in [0.29, 0.717) is 5.92 Å². The van der Waals surface area contributed by atoms with Gasteiger partial charge in [0.25, 0.3) is 11.5 Å². The number of rotatable bonds is 3. The largest absolute Gasteiger partial charge is 0.336 e. The number of piperidine rings is 3. The topological polar surface area (TPSA) is 54.3 Å². The number of nitrogens with zero attached hydrogens (tertiary/aromatic N) is 2. The molecule has 2 aromatic rings. The summed E-state index contributed by atoms with van der Waals surface area (Å²) < 4.78 is 1.72. The van der Waals surface area contributed by atoms with Gasteiger partial charge in [-0.3, -0.25) is 14.5 Å². The summed E-state index contributed by atoms with van der Waals surface area (Å²) >= 11 is 0. The zero-order valence-corrected chi connectivity index (χ0v) is 14.9. The van der Waals surface area contributed by atoms with Gasteiger partial charge in [0.15, 0.2) is 0 Å². The van der Waals surface area contributed by atoms with Gasteiger partial charge in [0.1, 0.15) is 5.56 Å². The number of pyridine rings is 1. The van der Waals surface area contributed by atoms with Crippen molar-refractivity contribution in [1.82, 2.24) is 14.8 Å². The van der Waals surface area contributed by atoms with Gasteiger partial charge in [-0.25, -0.2) is 0 Å². The minimum absolute atomic E-state index is 0.000377. The highest BCUT2D eigenvalue weighted by Crippen LogP contribution is 2.30. The molecule has 1 N–H and O–H groups in total. The van der Waals surface area contributed by atoms with Crippen molar-refractivity contribution in [1.29, 1.82) is 0 Å². The second kappa shape index (κ2) is 6.30. The average molecular weight is 339 g/mol. The Balaban J connectivity index is 1.70. The van der Waals surface area contributed by atoms with Crippen LogP contribution in [0.4, 0.5) is 0 Å². The number of benzene rings is 1. The van der Waals surface area contributed by atoms with Gasteiger partial charge in [0.2, 0.25) is 0 Å². The molecule has 1 atom stereocenters. The molecule has 1 amide bonds. The Hall–Kier alpha value is -2.14.